The third-order valence-corrected chi connectivity index (χ3v) is 5.99. The molecular formula is C26H24F2N2O4. The molecule has 1 unspecified atom stereocenters. The summed E-state index contributed by atoms with van der Waals surface area (Å²) in [5, 5.41) is 9.82. The minimum Gasteiger partial charge on any atom is -0.496 e. The van der Waals surface area contributed by atoms with Crippen molar-refractivity contribution in [3.8, 4) is 17.6 Å². The van der Waals surface area contributed by atoms with Gasteiger partial charge in [-0.1, -0.05) is 19.9 Å². The molecule has 0 amide bonds. The van der Waals surface area contributed by atoms with Crippen LogP contribution in [0, 0.1) is 28.4 Å². The van der Waals surface area contributed by atoms with Crippen molar-refractivity contribution in [2.45, 2.75) is 39.2 Å². The van der Waals surface area contributed by atoms with Crippen LogP contribution in [0.5, 0.6) is 11.5 Å². The molecule has 0 radical (unpaired) electrons. The fraction of sp³-hybridized carbons (Fsp3) is 0.308. The summed E-state index contributed by atoms with van der Waals surface area (Å²) in [5.74, 6) is -1.53. The zero-order chi connectivity index (χ0) is 24.6. The third kappa shape index (κ3) is 4.34. The lowest BCUT2D eigenvalue weighted by atomic mass is 9.70. The first-order valence-corrected chi connectivity index (χ1v) is 10.7. The number of Topliss-reactive ketones (excluding diaryl/α,β-unsaturated/α-hetero) is 1. The minimum absolute atomic E-state index is 0.0289. The van der Waals surface area contributed by atoms with Crippen LogP contribution in [0.4, 0.5) is 8.78 Å². The molecule has 8 heteroatoms. The van der Waals surface area contributed by atoms with Crippen molar-refractivity contribution in [3.63, 3.8) is 0 Å². The number of ketones is 1. The van der Waals surface area contributed by atoms with E-state index in [4.69, 9.17) is 19.9 Å². The van der Waals surface area contributed by atoms with Crippen LogP contribution in [0.1, 0.15) is 43.7 Å². The van der Waals surface area contributed by atoms with E-state index in [1.165, 1.54) is 13.2 Å². The Balaban J connectivity index is 1.75. The van der Waals surface area contributed by atoms with Crippen molar-refractivity contribution in [2.24, 2.45) is 11.1 Å². The van der Waals surface area contributed by atoms with E-state index in [9.17, 15) is 18.8 Å². The summed E-state index contributed by atoms with van der Waals surface area (Å²) in [7, 11) is 1.48. The smallest absolute Gasteiger partial charge is 0.205 e. The lowest BCUT2D eigenvalue weighted by molar-refractivity contribution is -0.119. The van der Waals surface area contributed by atoms with Crippen molar-refractivity contribution < 1.29 is 27.8 Å². The SMILES string of the molecule is COc1ccc(C2C(C#N)=C(N)OC3=C2C(=O)CC(C)(C)C3)cc1COc1ccc(F)cc1F. The standard InChI is InChI=1S/C26H24F2N2O4/c1-26(2)10-19(31)24-22(11-26)34-25(30)17(12-29)23(24)14-4-6-20(32-3)15(8-14)13-33-21-7-5-16(27)9-18(21)28/h4-9,23H,10-11,13,30H2,1-3H3. The molecular weight excluding hydrogens is 442 g/mol. The van der Waals surface area contributed by atoms with Gasteiger partial charge in [0.1, 0.15) is 35.6 Å². The molecule has 1 aliphatic heterocycles. The number of methoxy groups -OCH3 is 1. The van der Waals surface area contributed by atoms with Gasteiger partial charge in [0.05, 0.1) is 13.0 Å². The number of benzene rings is 2. The summed E-state index contributed by atoms with van der Waals surface area (Å²) in [5.41, 5.74) is 7.54. The summed E-state index contributed by atoms with van der Waals surface area (Å²) >= 11 is 0. The van der Waals surface area contributed by atoms with Crippen molar-refractivity contribution in [2.75, 3.05) is 7.11 Å². The topological polar surface area (TPSA) is 94.6 Å². The Kier molecular flexibility index (Phi) is 6.05. The van der Waals surface area contributed by atoms with Crippen molar-refractivity contribution >= 4 is 5.78 Å². The molecule has 2 aliphatic rings. The number of halogens is 2. The Labute approximate surface area is 196 Å². The summed E-state index contributed by atoms with van der Waals surface area (Å²) in [6.45, 7) is 3.87. The molecule has 4 rings (SSSR count). The van der Waals surface area contributed by atoms with Gasteiger partial charge in [0.2, 0.25) is 5.88 Å². The number of ether oxygens (including phenoxy) is 3. The Bertz CT molecular complexity index is 1270. The van der Waals surface area contributed by atoms with E-state index in [0.29, 0.717) is 41.1 Å². The van der Waals surface area contributed by atoms with Crippen LogP contribution >= 0.6 is 0 Å². The first kappa shape index (κ1) is 23.3. The van der Waals surface area contributed by atoms with E-state index in [1.54, 1.807) is 18.2 Å². The van der Waals surface area contributed by atoms with E-state index < -0.39 is 17.6 Å². The molecule has 176 valence electrons. The first-order valence-electron chi connectivity index (χ1n) is 10.7. The zero-order valence-electron chi connectivity index (χ0n) is 19.1. The van der Waals surface area contributed by atoms with Gasteiger partial charge < -0.3 is 19.9 Å². The van der Waals surface area contributed by atoms with Crippen LogP contribution < -0.4 is 15.2 Å². The maximum Gasteiger partial charge on any atom is 0.205 e. The van der Waals surface area contributed by atoms with Gasteiger partial charge >= 0.3 is 0 Å². The molecule has 2 aromatic carbocycles. The Hall–Kier alpha value is -3.86. The van der Waals surface area contributed by atoms with E-state index in [-0.39, 0.29) is 35.0 Å². The van der Waals surface area contributed by atoms with Crippen molar-refractivity contribution in [1.82, 2.24) is 0 Å². The van der Waals surface area contributed by atoms with E-state index >= 15 is 0 Å². The highest BCUT2D eigenvalue weighted by Crippen LogP contribution is 2.48. The van der Waals surface area contributed by atoms with E-state index in [2.05, 4.69) is 6.07 Å². The van der Waals surface area contributed by atoms with Crippen LogP contribution in [0.25, 0.3) is 0 Å². The van der Waals surface area contributed by atoms with Crippen LogP contribution in [-0.4, -0.2) is 12.9 Å². The molecule has 0 saturated heterocycles. The van der Waals surface area contributed by atoms with Crippen LogP contribution in [0.15, 0.2) is 59.2 Å². The van der Waals surface area contributed by atoms with Gasteiger partial charge in [-0.15, -0.1) is 0 Å². The fourth-order valence-corrected chi connectivity index (χ4v) is 4.46. The summed E-state index contributed by atoms with van der Waals surface area (Å²) < 4.78 is 43.9. The normalized spacial score (nSPS) is 19.3. The second-order valence-electron chi connectivity index (χ2n) is 9.14. The number of nitriles is 1. The highest BCUT2D eigenvalue weighted by atomic mass is 19.1. The molecule has 1 atom stereocenters. The second kappa shape index (κ2) is 8.82. The number of nitrogens with zero attached hydrogens (tertiary/aromatic N) is 1. The zero-order valence-corrected chi connectivity index (χ0v) is 19.1. The lowest BCUT2D eigenvalue weighted by Crippen LogP contribution is -2.33. The van der Waals surface area contributed by atoms with E-state index in [0.717, 1.165) is 12.1 Å². The van der Waals surface area contributed by atoms with E-state index in [1.807, 2.05) is 13.8 Å². The quantitative estimate of drug-likeness (QED) is 0.666. The number of hydrogen-bond acceptors (Lipinski definition) is 6. The second-order valence-corrected chi connectivity index (χ2v) is 9.14. The number of nitrogens with two attached hydrogens (primary N) is 1. The molecule has 0 fully saturated rings. The summed E-state index contributed by atoms with van der Waals surface area (Å²) in [4.78, 5) is 13.1. The largest absolute Gasteiger partial charge is 0.496 e. The van der Waals surface area contributed by atoms with Gasteiger partial charge in [0, 0.05) is 30.0 Å². The highest BCUT2D eigenvalue weighted by Gasteiger charge is 2.43. The van der Waals surface area contributed by atoms with Crippen LogP contribution in [0.2, 0.25) is 0 Å². The number of carbonyl (C=O) groups is 1. The third-order valence-electron chi connectivity index (χ3n) is 5.99. The van der Waals surface area contributed by atoms with Crippen molar-refractivity contribution in [3.05, 3.63) is 81.9 Å². The number of carbonyl (C=O) groups excluding carboxylic acids is 1. The molecule has 1 heterocycles. The maximum absolute atomic E-state index is 14.0. The van der Waals surface area contributed by atoms with Gasteiger partial charge in [-0.25, -0.2) is 8.78 Å². The Morgan fingerprint density at radius 1 is 1.18 bits per heavy atom. The van der Waals surface area contributed by atoms with Gasteiger partial charge in [0.15, 0.2) is 17.3 Å². The highest BCUT2D eigenvalue weighted by molar-refractivity contribution is 6.00. The minimum atomic E-state index is -0.827. The van der Waals surface area contributed by atoms with Gasteiger partial charge in [-0.05, 0) is 35.2 Å². The summed E-state index contributed by atoms with van der Waals surface area (Å²) in [6, 6.07) is 10.3. The lowest BCUT2D eigenvalue weighted by Gasteiger charge is -2.37. The predicted molar refractivity (Wildman–Crippen MR) is 119 cm³/mol. The van der Waals surface area contributed by atoms with Crippen LogP contribution in [-0.2, 0) is 16.1 Å². The first-order chi connectivity index (χ1) is 16.1. The van der Waals surface area contributed by atoms with Crippen molar-refractivity contribution in [1.29, 1.82) is 5.26 Å². The number of hydrogen-bond donors (Lipinski definition) is 1. The average Bonchev–Trinajstić information content (AvgIpc) is 2.76. The van der Waals surface area contributed by atoms with Gasteiger partial charge in [0.25, 0.3) is 0 Å². The number of allylic oxidation sites excluding steroid dienone is 3. The van der Waals surface area contributed by atoms with Crippen LogP contribution in [0.3, 0.4) is 0 Å². The monoisotopic (exact) mass is 466 g/mol. The number of rotatable bonds is 5. The van der Waals surface area contributed by atoms with Gasteiger partial charge in [-0.2, -0.15) is 5.26 Å². The Morgan fingerprint density at radius 3 is 2.59 bits per heavy atom. The maximum atomic E-state index is 14.0. The average molecular weight is 466 g/mol. The predicted octanol–water partition coefficient (Wildman–Crippen LogP) is 5.00. The fourth-order valence-electron chi connectivity index (χ4n) is 4.46. The summed E-state index contributed by atoms with van der Waals surface area (Å²) in [6.07, 6.45) is 0.834. The molecule has 1 aliphatic carbocycles. The molecule has 34 heavy (non-hydrogen) atoms. The van der Waals surface area contributed by atoms with Gasteiger partial charge in [-0.3, -0.25) is 4.79 Å². The molecule has 0 bridgehead atoms. The molecule has 6 nitrogen and oxygen atoms in total. The molecule has 2 N–H and O–H groups in total. The molecule has 2 aromatic rings. The molecule has 0 spiro atoms. The Morgan fingerprint density at radius 2 is 1.91 bits per heavy atom. The molecule has 0 saturated carbocycles. The molecule has 0 aromatic heterocycles.